The van der Waals surface area contributed by atoms with Crippen molar-refractivity contribution in [2.24, 2.45) is 0 Å². The van der Waals surface area contributed by atoms with Crippen LogP contribution in [-0.2, 0) is 25.8 Å². The zero-order valence-corrected chi connectivity index (χ0v) is 13.0. The fourth-order valence-electron chi connectivity index (χ4n) is 3.40. The van der Waals surface area contributed by atoms with Gasteiger partial charge < -0.3 is 9.88 Å². The first-order valence-corrected chi connectivity index (χ1v) is 8.46. The van der Waals surface area contributed by atoms with Crippen molar-refractivity contribution in [1.29, 1.82) is 0 Å². The molecule has 1 aliphatic heterocycles. The molecule has 4 nitrogen and oxygen atoms in total. The number of imidazole rings is 1. The summed E-state index contributed by atoms with van der Waals surface area (Å²) in [6.45, 7) is 2.86. The molecule has 0 saturated heterocycles. The molecule has 1 N–H and O–H groups in total. The van der Waals surface area contributed by atoms with Gasteiger partial charge in [-0.15, -0.1) is 11.3 Å². The van der Waals surface area contributed by atoms with Gasteiger partial charge in [-0.05, 0) is 44.2 Å². The number of thiophene rings is 1. The minimum Gasteiger partial charge on any atom is -0.347 e. The molecule has 1 amide bonds. The van der Waals surface area contributed by atoms with Gasteiger partial charge >= 0.3 is 0 Å². The van der Waals surface area contributed by atoms with E-state index in [9.17, 15) is 4.79 Å². The van der Waals surface area contributed by atoms with Crippen LogP contribution in [0.25, 0.3) is 0 Å². The number of amides is 1. The molecule has 2 aliphatic rings. The van der Waals surface area contributed by atoms with Crippen LogP contribution in [-0.4, -0.2) is 21.5 Å². The van der Waals surface area contributed by atoms with Crippen molar-refractivity contribution in [3.05, 3.63) is 39.1 Å². The number of carbonyl (C=O) groups excluding carboxylic acids is 1. The van der Waals surface area contributed by atoms with Gasteiger partial charge in [0.1, 0.15) is 5.82 Å². The second-order valence-corrected chi connectivity index (χ2v) is 7.21. The first-order valence-electron chi connectivity index (χ1n) is 7.64. The van der Waals surface area contributed by atoms with E-state index in [1.807, 2.05) is 6.92 Å². The smallest absolute Gasteiger partial charge is 0.261 e. The maximum atomic E-state index is 12.4. The number of aryl methyl sites for hydroxylation is 4. The van der Waals surface area contributed by atoms with E-state index in [1.165, 1.54) is 16.9 Å². The van der Waals surface area contributed by atoms with Crippen molar-refractivity contribution < 1.29 is 4.79 Å². The molecule has 3 heterocycles. The van der Waals surface area contributed by atoms with Gasteiger partial charge in [-0.2, -0.15) is 0 Å². The third-order valence-corrected chi connectivity index (χ3v) is 5.65. The van der Waals surface area contributed by atoms with E-state index in [4.69, 9.17) is 0 Å². The van der Waals surface area contributed by atoms with Gasteiger partial charge in [0.25, 0.3) is 5.91 Å². The minimum absolute atomic E-state index is 0.0969. The van der Waals surface area contributed by atoms with Crippen molar-refractivity contribution in [2.45, 2.75) is 51.6 Å². The van der Waals surface area contributed by atoms with E-state index in [0.29, 0.717) is 0 Å². The van der Waals surface area contributed by atoms with Gasteiger partial charge in [-0.1, -0.05) is 0 Å². The third-order valence-electron chi connectivity index (χ3n) is 4.42. The Balaban J connectivity index is 1.45. The molecule has 110 valence electrons. The van der Waals surface area contributed by atoms with Gasteiger partial charge in [-0.3, -0.25) is 4.79 Å². The Kier molecular flexibility index (Phi) is 3.10. The first-order chi connectivity index (χ1) is 10.2. The molecule has 2 aromatic rings. The zero-order valence-electron chi connectivity index (χ0n) is 12.2. The third kappa shape index (κ3) is 2.39. The Morgan fingerprint density at radius 2 is 2.33 bits per heavy atom. The molecular formula is C16H19N3OS. The van der Waals surface area contributed by atoms with Crippen LogP contribution in [0.4, 0.5) is 0 Å². The van der Waals surface area contributed by atoms with Crippen LogP contribution in [0.5, 0.6) is 0 Å². The van der Waals surface area contributed by atoms with Crippen LogP contribution in [0.15, 0.2) is 12.3 Å². The van der Waals surface area contributed by atoms with Gasteiger partial charge in [0.15, 0.2) is 0 Å². The molecule has 0 unspecified atom stereocenters. The van der Waals surface area contributed by atoms with Gasteiger partial charge in [-0.25, -0.2) is 4.98 Å². The normalized spacial score (nSPS) is 20.1. The number of fused-ring (bicyclic) bond motifs is 2. The molecule has 5 heteroatoms. The number of hydrogen-bond donors (Lipinski definition) is 1. The van der Waals surface area contributed by atoms with Crippen molar-refractivity contribution in [3.63, 3.8) is 0 Å². The number of rotatable bonds is 2. The van der Waals surface area contributed by atoms with Crippen LogP contribution >= 0.6 is 11.3 Å². The Hall–Kier alpha value is -1.62. The average Bonchev–Trinajstić information content (AvgIpc) is 3.09. The summed E-state index contributed by atoms with van der Waals surface area (Å²) in [4.78, 5) is 19.2. The van der Waals surface area contributed by atoms with Crippen molar-refractivity contribution in [3.8, 4) is 0 Å². The van der Waals surface area contributed by atoms with E-state index in [-0.39, 0.29) is 11.9 Å². The molecule has 0 saturated carbocycles. The van der Waals surface area contributed by atoms with Crippen molar-refractivity contribution in [2.75, 3.05) is 0 Å². The van der Waals surface area contributed by atoms with E-state index < -0.39 is 0 Å². The first kappa shape index (κ1) is 13.1. The van der Waals surface area contributed by atoms with Gasteiger partial charge in [0, 0.05) is 30.1 Å². The molecule has 4 rings (SSSR count). The van der Waals surface area contributed by atoms with Crippen LogP contribution in [0.3, 0.4) is 0 Å². The molecule has 2 aromatic heterocycles. The molecule has 1 aliphatic carbocycles. The lowest BCUT2D eigenvalue weighted by atomic mass is 10.1. The maximum Gasteiger partial charge on any atom is 0.261 e. The van der Waals surface area contributed by atoms with Crippen LogP contribution in [0, 0.1) is 6.92 Å². The standard InChI is InChI=1S/C16H19N3OS/c1-10-8-19-9-12(5-6-15(19)17-10)18-16(20)14-7-11-3-2-4-13(11)21-14/h7-8,12H,2-6,9H2,1H3,(H,18,20)/t12-/m0/s1. The Bertz CT molecular complexity index is 679. The quantitative estimate of drug-likeness (QED) is 0.926. The topological polar surface area (TPSA) is 46.9 Å². The average molecular weight is 301 g/mol. The summed E-state index contributed by atoms with van der Waals surface area (Å²) in [5.41, 5.74) is 2.45. The highest BCUT2D eigenvalue weighted by Crippen LogP contribution is 2.30. The Morgan fingerprint density at radius 1 is 1.43 bits per heavy atom. The SMILES string of the molecule is Cc1cn2c(n1)CC[C@H](NC(=O)c1cc3c(s1)CCC3)C2. The lowest BCUT2D eigenvalue weighted by Gasteiger charge is -2.24. The van der Waals surface area contributed by atoms with Crippen molar-refractivity contribution in [1.82, 2.24) is 14.9 Å². The largest absolute Gasteiger partial charge is 0.347 e. The highest BCUT2D eigenvalue weighted by atomic mass is 32.1. The number of hydrogen-bond acceptors (Lipinski definition) is 3. The zero-order chi connectivity index (χ0) is 14.4. The number of aromatic nitrogens is 2. The van der Waals surface area contributed by atoms with E-state index in [0.717, 1.165) is 48.6 Å². The molecular weight excluding hydrogens is 282 g/mol. The fourth-order valence-corrected chi connectivity index (χ4v) is 4.56. The molecule has 0 spiro atoms. The molecule has 1 atom stereocenters. The predicted molar refractivity (Wildman–Crippen MR) is 82.9 cm³/mol. The van der Waals surface area contributed by atoms with Crippen LogP contribution in [0.2, 0.25) is 0 Å². The van der Waals surface area contributed by atoms with Crippen molar-refractivity contribution >= 4 is 17.2 Å². The van der Waals surface area contributed by atoms with E-state index >= 15 is 0 Å². The highest BCUT2D eigenvalue weighted by Gasteiger charge is 2.23. The molecule has 0 radical (unpaired) electrons. The molecule has 0 fully saturated rings. The summed E-state index contributed by atoms with van der Waals surface area (Å²) in [6.07, 6.45) is 7.53. The maximum absolute atomic E-state index is 12.4. The minimum atomic E-state index is 0.0969. The van der Waals surface area contributed by atoms with E-state index in [2.05, 4.69) is 27.1 Å². The summed E-state index contributed by atoms with van der Waals surface area (Å²) in [7, 11) is 0. The fraction of sp³-hybridized carbons (Fsp3) is 0.500. The second-order valence-electron chi connectivity index (χ2n) is 6.07. The summed E-state index contributed by atoms with van der Waals surface area (Å²) in [5, 5.41) is 3.20. The predicted octanol–water partition coefficient (Wildman–Crippen LogP) is 2.49. The Morgan fingerprint density at radius 3 is 3.19 bits per heavy atom. The molecule has 21 heavy (non-hydrogen) atoms. The number of nitrogens with zero attached hydrogens (tertiary/aromatic N) is 2. The molecule has 0 bridgehead atoms. The van der Waals surface area contributed by atoms with Gasteiger partial charge in [0.2, 0.25) is 0 Å². The highest BCUT2D eigenvalue weighted by molar-refractivity contribution is 7.14. The second kappa shape index (κ2) is 4.98. The number of nitrogens with one attached hydrogen (secondary N) is 1. The summed E-state index contributed by atoms with van der Waals surface area (Å²) < 4.78 is 2.18. The van der Waals surface area contributed by atoms with Gasteiger partial charge in [0.05, 0.1) is 10.6 Å². The van der Waals surface area contributed by atoms with Crippen LogP contribution in [0.1, 0.15) is 44.5 Å². The lowest BCUT2D eigenvalue weighted by Crippen LogP contribution is -2.40. The lowest BCUT2D eigenvalue weighted by molar-refractivity contribution is 0.0931. The summed E-state index contributed by atoms with van der Waals surface area (Å²) in [5.74, 6) is 1.24. The van der Waals surface area contributed by atoms with Crippen LogP contribution < -0.4 is 5.32 Å². The van der Waals surface area contributed by atoms with E-state index in [1.54, 1.807) is 11.3 Å². The molecule has 0 aromatic carbocycles. The summed E-state index contributed by atoms with van der Waals surface area (Å²) in [6, 6.07) is 2.31. The summed E-state index contributed by atoms with van der Waals surface area (Å²) >= 11 is 1.68. The monoisotopic (exact) mass is 301 g/mol. The Labute approximate surface area is 128 Å². The number of carbonyl (C=O) groups is 1.